The van der Waals surface area contributed by atoms with Crippen molar-refractivity contribution < 1.29 is 9.47 Å². The number of nitrogens with zero attached hydrogens (tertiary/aromatic N) is 3. The Balaban J connectivity index is 1.52. The van der Waals surface area contributed by atoms with Gasteiger partial charge in [0, 0.05) is 24.3 Å². The van der Waals surface area contributed by atoms with Crippen LogP contribution < -0.4 is 5.73 Å². The summed E-state index contributed by atoms with van der Waals surface area (Å²) in [6.07, 6.45) is 7.09. The molecule has 2 heterocycles. The Morgan fingerprint density at radius 2 is 2.33 bits per heavy atom. The van der Waals surface area contributed by atoms with Crippen molar-refractivity contribution in [1.82, 2.24) is 14.8 Å². The number of rotatable bonds is 5. The molecule has 24 heavy (non-hydrogen) atoms. The summed E-state index contributed by atoms with van der Waals surface area (Å²) in [5.74, 6) is 6.25. The van der Waals surface area contributed by atoms with E-state index in [1.54, 1.807) is 11.0 Å². The standard InChI is InChI=1S/C18H22N4O2/c19-17-8-7-15(12-22-14-20-13-21-22)11-16(17)5-1-3-9-23-18-6-2-4-10-24-18/h7-8,11,13-14,18H,2-4,6,9-10,12,19H2/t18-/m1/s1. The maximum absolute atomic E-state index is 6.01. The van der Waals surface area contributed by atoms with E-state index in [-0.39, 0.29) is 6.29 Å². The molecule has 6 nitrogen and oxygen atoms in total. The summed E-state index contributed by atoms with van der Waals surface area (Å²) < 4.78 is 13.0. The van der Waals surface area contributed by atoms with Crippen molar-refractivity contribution in [2.45, 2.75) is 38.5 Å². The minimum atomic E-state index is -0.0587. The number of aromatic nitrogens is 3. The largest absolute Gasteiger partial charge is 0.398 e. The van der Waals surface area contributed by atoms with Crippen molar-refractivity contribution in [3.63, 3.8) is 0 Å². The Labute approximate surface area is 142 Å². The first-order valence-corrected chi connectivity index (χ1v) is 8.24. The van der Waals surface area contributed by atoms with Crippen molar-refractivity contribution in [2.75, 3.05) is 18.9 Å². The van der Waals surface area contributed by atoms with Gasteiger partial charge in [0.05, 0.1) is 13.2 Å². The van der Waals surface area contributed by atoms with Crippen molar-refractivity contribution in [3.8, 4) is 11.8 Å². The number of benzene rings is 1. The molecule has 0 bridgehead atoms. The number of nitrogen functional groups attached to an aromatic ring is 1. The molecule has 1 atom stereocenters. The second kappa shape index (κ2) is 8.48. The normalized spacial score (nSPS) is 17.2. The lowest BCUT2D eigenvalue weighted by Gasteiger charge is -2.22. The minimum Gasteiger partial charge on any atom is -0.398 e. The Morgan fingerprint density at radius 3 is 3.12 bits per heavy atom. The monoisotopic (exact) mass is 326 g/mol. The molecule has 0 saturated carbocycles. The summed E-state index contributed by atoms with van der Waals surface area (Å²) >= 11 is 0. The van der Waals surface area contributed by atoms with Crippen LogP contribution in [0.1, 0.15) is 36.8 Å². The average Bonchev–Trinajstić information content (AvgIpc) is 3.11. The molecule has 0 amide bonds. The van der Waals surface area contributed by atoms with Crippen LogP contribution in [0.5, 0.6) is 0 Å². The van der Waals surface area contributed by atoms with E-state index in [2.05, 4.69) is 21.9 Å². The molecule has 2 N–H and O–H groups in total. The lowest BCUT2D eigenvalue weighted by Crippen LogP contribution is -2.22. The topological polar surface area (TPSA) is 75.2 Å². The van der Waals surface area contributed by atoms with Gasteiger partial charge in [0.25, 0.3) is 0 Å². The van der Waals surface area contributed by atoms with E-state index in [0.29, 0.717) is 25.3 Å². The summed E-state index contributed by atoms with van der Waals surface area (Å²) in [7, 11) is 0. The fourth-order valence-corrected chi connectivity index (χ4v) is 2.55. The number of nitrogens with two attached hydrogens (primary N) is 1. The van der Waals surface area contributed by atoms with Gasteiger partial charge in [-0.15, -0.1) is 0 Å². The van der Waals surface area contributed by atoms with E-state index in [1.807, 2.05) is 18.2 Å². The van der Waals surface area contributed by atoms with Crippen LogP contribution in [-0.4, -0.2) is 34.3 Å². The predicted octanol–water partition coefficient (Wildman–Crippen LogP) is 2.19. The third-order valence-electron chi connectivity index (χ3n) is 3.82. The van der Waals surface area contributed by atoms with Crippen molar-refractivity contribution in [2.24, 2.45) is 0 Å². The van der Waals surface area contributed by atoms with Crippen LogP contribution in [0.2, 0.25) is 0 Å². The Bertz CT molecular complexity index is 698. The molecule has 0 aliphatic carbocycles. The van der Waals surface area contributed by atoms with Crippen molar-refractivity contribution >= 4 is 5.69 Å². The second-order valence-electron chi connectivity index (χ2n) is 5.73. The van der Waals surface area contributed by atoms with Crippen LogP contribution in [0.4, 0.5) is 5.69 Å². The molecule has 1 saturated heterocycles. The molecule has 6 heteroatoms. The molecular formula is C18H22N4O2. The van der Waals surface area contributed by atoms with Gasteiger partial charge in [-0.05, 0) is 37.0 Å². The first-order chi connectivity index (χ1) is 11.8. The molecule has 1 aromatic carbocycles. The fraction of sp³-hybridized carbons (Fsp3) is 0.444. The van der Waals surface area contributed by atoms with Gasteiger partial charge in [-0.3, -0.25) is 0 Å². The van der Waals surface area contributed by atoms with Gasteiger partial charge in [-0.1, -0.05) is 17.9 Å². The van der Waals surface area contributed by atoms with Crippen LogP contribution in [0, 0.1) is 11.8 Å². The zero-order chi connectivity index (χ0) is 16.6. The van der Waals surface area contributed by atoms with E-state index >= 15 is 0 Å². The molecule has 1 aromatic heterocycles. The molecule has 2 aromatic rings. The van der Waals surface area contributed by atoms with Gasteiger partial charge in [0.2, 0.25) is 0 Å². The van der Waals surface area contributed by atoms with Crippen LogP contribution in [0.25, 0.3) is 0 Å². The van der Waals surface area contributed by atoms with E-state index in [1.165, 1.54) is 12.7 Å². The third-order valence-corrected chi connectivity index (χ3v) is 3.82. The molecule has 0 unspecified atom stereocenters. The van der Waals surface area contributed by atoms with E-state index in [4.69, 9.17) is 15.2 Å². The van der Waals surface area contributed by atoms with E-state index in [9.17, 15) is 0 Å². The van der Waals surface area contributed by atoms with Crippen LogP contribution in [0.3, 0.4) is 0 Å². The van der Waals surface area contributed by atoms with Gasteiger partial charge in [-0.25, -0.2) is 9.67 Å². The Hall–Kier alpha value is -2.36. The highest BCUT2D eigenvalue weighted by Crippen LogP contribution is 2.15. The molecule has 1 aliphatic rings. The first-order valence-electron chi connectivity index (χ1n) is 8.24. The SMILES string of the molecule is Nc1ccc(Cn2cncn2)cc1C#CCCO[C@H]1CCCCO1. The quantitative estimate of drug-likeness (QED) is 0.518. The molecular weight excluding hydrogens is 304 g/mol. The van der Waals surface area contributed by atoms with Gasteiger partial charge >= 0.3 is 0 Å². The van der Waals surface area contributed by atoms with Crippen LogP contribution >= 0.6 is 0 Å². The second-order valence-corrected chi connectivity index (χ2v) is 5.73. The summed E-state index contributed by atoms with van der Waals surface area (Å²) in [5.41, 5.74) is 8.61. The molecule has 126 valence electrons. The zero-order valence-corrected chi connectivity index (χ0v) is 13.6. The first kappa shape index (κ1) is 16.5. The molecule has 0 radical (unpaired) electrons. The molecule has 1 aliphatic heterocycles. The van der Waals surface area contributed by atoms with E-state index < -0.39 is 0 Å². The van der Waals surface area contributed by atoms with Gasteiger partial charge in [-0.2, -0.15) is 5.10 Å². The zero-order valence-electron chi connectivity index (χ0n) is 13.6. The number of hydrogen-bond donors (Lipinski definition) is 1. The highest BCUT2D eigenvalue weighted by Gasteiger charge is 2.12. The molecule has 1 fully saturated rings. The Kier molecular flexibility index (Phi) is 5.83. The molecule has 3 rings (SSSR count). The summed E-state index contributed by atoms with van der Waals surface area (Å²) in [6.45, 7) is 2.03. The summed E-state index contributed by atoms with van der Waals surface area (Å²) in [4.78, 5) is 3.94. The van der Waals surface area contributed by atoms with Gasteiger partial charge < -0.3 is 15.2 Å². The number of anilines is 1. The summed E-state index contributed by atoms with van der Waals surface area (Å²) in [6, 6.07) is 5.85. The fourth-order valence-electron chi connectivity index (χ4n) is 2.55. The third kappa shape index (κ3) is 4.82. The predicted molar refractivity (Wildman–Crippen MR) is 91.0 cm³/mol. The average molecular weight is 326 g/mol. The highest BCUT2D eigenvalue weighted by molar-refractivity contribution is 5.57. The van der Waals surface area contributed by atoms with Crippen LogP contribution in [-0.2, 0) is 16.0 Å². The molecule has 0 spiro atoms. The van der Waals surface area contributed by atoms with Gasteiger partial charge in [0.15, 0.2) is 6.29 Å². The number of hydrogen-bond acceptors (Lipinski definition) is 5. The minimum absolute atomic E-state index is 0.0587. The maximum atomic E-state index is 6.01. The van der Waals surface area contributed by atoms with Gasteiger partial charge in [0.1, 0.15) is 12.7 Å². The van der Waals surface area contributed by atoms with E-state index in [0.717, 1.165) is 30.6 Å². The lowest BCUT2D eigenvalue weighted by atomic mass is 10.1. The van der Waals surface area contributed by atoms with Crippen LogP contribution in [0.15, 0.2) is 30.9 Å². The maximum Gasteiger partial charge on any atom is 0.157 e. The van der Waals surface area contributed by atoms with Crippen molar-refractivity contribution in [1.29, 1.82) is 0 Å². The smallest absolute Gasteiger partial charge is 0.157 e. The summed E-state index contributed by atoms with van der Waals surface area (Å²) in [5, 5.41) is 4.10. The Morgan fingerprint density at radius 1 is 1.38 bits per heavy atom. The number of ether oxygens (including phenoxy) is 2. The van der Waals surface area contributed by atoms with Crippen molar-refractivity contribution in [3.05, 3.63) is 42.0 Å². The highest BCUT2D eigenvalue weighted by atomic mass is 16.7. The lowest BCUT2D eigenvalue weighted by molar-refractivity contribution is -0.161.